The molecule has 0 saturated carbocycles. The number of ether oxygens (including phenoxy) is 1. The molecule has 1 heterocycles. The van der Waals surface area contributed by atoms with E-state index in [-0.39, 0.29) is 16.8 Å². The van der Waals surface area contributed by atoms with Crippen LogP contribution in [0.5, 0.6) is 5.75 Å². The summed E-state index contributed by atoms with van der Waals surface area (Å²) in [5, 5.41) is 5.13. The topological polar surface area (TPSA) is 92.9 Å². The van der Waals surface area contributed by atoms with Crippen LogP contribution in [-0.4, -0.2) is 57.4 Å². The smallest absolute Gasteiger partial charge is 0.254 e. The van der Waals surface area contributed by atoms with Gasteiger partial charge in [0.1, 0.15) is 12.4 Å². The monoisotopic (exact) mass is 389 g/mol. The Labute approximate surface area is 159 Å². The van der Waals surface area contributed by atoms with Crippen LogP contribution in [0.1, 0.15) is 15.9 Å². The van der Waals surface area contributed by atoms with Crippen LogP contribution in [0.2, 0.25) is 0 Å². The predicted octanol–water partition coefficient (Wildman–Crippen LogP) is 1.30. The van der Waals surface area contributed by atoms with E-state index in [1.54, 1.807) is 4.90 Å². The molecule has 1 aliphatic rings. The van der Waals surface area contributed by atoms with Crippen LogP contribution >= 0.6 is 0 Å². The second kappa shape index (κ2) is 7.67. The highest BCUT2D eigenvalue weighted by Gasteiger charge is 2.29. The van der Waals surface area contributed by atoms with Crippen molar-refractivity contribution in [3.63, 3.8) is 0 Å². The van der Waals surface area contributed by atoms with Crippen LogP contribution in [0.4, 0.5) is 0 Å². The first-order chi connectivity index (χ1) is 12.8. The Morgan fingerprint density at radius 1 is 1.19 bits per heavy atom. The molecule has 0 aliphatic carbocycles. The Bertz CT molecular complexity index is 926. The van der Waals surface area contributed by atoms with Crippen LogP contribution in [0.3, 0.4) is 0 Å². The summed E-state index contributed by atoms with van der Waals surface area (Å²) in [5.74, 6) is 0.601. The quantitative estimate of drug-likeness (QED) is 0.851. The van der Waals surface area contributed by atoms with Gasteiger partial charge < -0.3 is 14.5 Å². The maximum Gasteiger partial charge on any atom is 0.254 e. The van der Waals surface area contributed by atoms with Gasteiger partial charge in [0.15, 0.2) is 0 Å². The van der Waals surface area contributed by atoms with Crippen molar-refractivity contribution in [3.05, 3.63) is 59.7 Å². The lowest BCUT2D eigenvalue weighted by atomic mass is 10.1. The van der Waals surface area contributed by atoms with E-state index in [1.807, 2.05) is 43.3 Å². The molecule has 0 spiro atoms. The zero-order valence-electron chi connectivity index (χ0n) is 15.3. The predicted molar refractivity (Wildman–Crippen MR) is 102 cm³/mol. The largest absolute Gasteiger partial charge is 0.491 e. The molecule has 1 aliphatic heterocycles. The van der Waals surface area contributed by atoms with Crippen molar-refractivity contribution in [3.8, 4) is 5.75 Å². The van der Waals surface area contributed by atoms with Gasteiger partial charge >= 0.3 is 0 Å². The van der Waals surface area contributed by atoms with E-state index in [0.717, 1.165) is 11.3 Å². The van der Waals surface area contributed by atoms with E-state index < -0.39 is 10.0 Å². The summed E-state index contributed by atoms with van der Waals surface area (Å²) >= 11 is 0. The molecule has 3 rings (SSSR count). The molecule has 27 heavy (non-hydrogen) atoms. The fourth-order valence-corrected chi connectivity index (χ4v) is 3.64. The Hall–Kier alpha value is -2.42. The Balaban J connectivity index is 1.92. The zero-order chi connectivity index (χ0) is 19.6. The highest BCUT2D eigenvalue weighted by atomic mass is 32.2. The van der Waals surface area contributed by atoms with E-state index in [0.29, 0.717) is 25.3 Å². The van der Waals surface area contributed by atoms with Crippen molar-refractivity contribution >= 4 is 15.9 Å². The molecule has 0 aromatic heterocycles. The number of rotatable bonds is 4. The number of carbonyl (C=O) groups excluding carboxylic acids is 1. The number of fused-ring (bicyclic) bond motifs is 1. The van der Waals surface area contributed by atoms with Crippen LogP contribution in [0, 0.1) is 0 Å². The van der Waals surface area contributed by atoms with Gasteiger partial charge in [0.05, 0.1) is 17.5 Å². The fraction of sp³-hybridized carbons (Fsp3) is 0.316. The minimum atomic E-state index is -3.79. The number of sulfonamides is 1. The third-order valence-electron chi connectivity index (χ3n) is 4.45. The number of benzene rings is 2. The highest BCUT2D eigenvalue weighted by Crippen LogP contribution is 2.26. The van der Waals surface area contributed by atoms with Crippen molar-refractivity contribution in [2.45, 2.75) is 17.5 Å². The second-order valence-electron chi connectivity index (χ2n) is 6.84. The van der Waals surface area contributed by atoms with Gasteiger partial charge in [-0.1, -0.05) is 18.2 Å². The molecule has 0 saturated heterocycles. The molecule has 2 aromatic carbocycles. The van der Waals surface area contributed by atoms with Crippen LogP contribution in [0.15, 0.2) is 53.4 Å². The normalized spacial score (nSPS) is 17.2. The van der Waals surface area contributed by atoms with Gasteiger partial charge in [-0.15, -0.1) is 0 Å². The summed E-state index contributed by atoms with van der Waals surface area (Å²) in [4.78, 5) is 17.0. The van der Waals surface area contributed by atoms with Crippen molar-refractivity contribution in [1.82, 2.24) is 9.80 Å². The first kappa shape index (κ1) is 19.3. The van der Waals surface area contributed by atoms with Crippen molar-refractivity contribution < 1.29 is 17.9 Å². The van der Waals surface area contributed by atoms with E-state index in [4.69, 9.17) is 9.88 Å². The van der Waals surface area contributed by atoms with Crippen LogP contribution < -0.4 is 9.88 Å². The number of primary sulfonamides is 1. The summed E-state index contributed by atoms with van der Waals surface area (Å²) < 4.78 is 28.8. The molecule has 0 radical (unpaired) electrons. The number of carbonyl (C=O) groups is 1. The number of hydrogen-bond acceptors (Lipinski definition) is 5. The standard InChI is InChI=1S/C19H23N3O4S/c1-21(2)12-16-13-26-18-6-4-3-5-15(18)11-22(16)19(23)14-7-9-17(10-8-14)27(20,24)25/h3-10,16H,11-13H2,1-2H3,(H2,20,24,25). The lowest BCUT2D eigenvalue weighted by Gasteiger charge is -2.31. The maximum absolute atomic E-state index is 13.2. The summed E-state index contributed by atoms with van der Waals surface area (Å²) in [7, 11) is 0.0978. The molecular weight excluding hydrogens is 366 g/mol. The minimum absolute atomic E-state index is 0.0200. The first-order valence-electron chi connectivity index (χ1n) is 8.55. The number of hydrogen-bond donors (Lipinski definition) is 1. The molecule has 7 nitrogen and oxygen atoms in total. The fourth-order valence-electron chi connectivity index (χ4n) is 3.13. The van der Waals surface area contributed by atoms with E-state index in [9.17, 15) is 13.2 Å². The number of likely N-dealkylation sites (N-methyl/N-ethyl adjacent to an activating group) is 1. The lowest BCUT2D eigenvalue weighted by molar-refractivity contribution is 0.0583. The third-order valence-corrected chi connectivity index (χ3v) is 5.38. The average molecular weight is 389 g/mol. The summed E-state index contributed by atoms with van der Waals surface area (Å²) in [6.45, 7) is 1.45. The van der Waals surface area contributed by atoms with Gasteiger partial charge in [-0.25, -0.2) is 13.6 Å². The molecule has 0 fully saturated rings. The van der Waals surface area contributed by atoms with Gasteiger partial charge in [-0.05, 0) is 44.4 Å². The SMILES string of the molecule is CN(C)CC1COc2ccccc2CN1C(=O)c1ccc(S(N)(=O)=O)cc1. The van der Waals surface area contributed by atoms with Crippen LogP contribution in [0.25, 0.3) is 0 Å². The van der Waals surface area contributed by atoms with Crippen molar-refractivity contribution in [2.24, 2.45) is 5.14 Å². The lowest BCUT2D eigenvalue weighted by Crippen LogP contribution is -2.47. The molecule has 1 unspecified atom stereocenters. The Kier molecular flexibility index (Phi) is 5.50. The number of amides is 1. The molecule has 0 bridgehead atoms. The van der Waals surface area contributed by atoms with E-state index >= 15 is 0 Å². The summed E-state index contributed by atoms with van der Waals surface area (Å²) in [5.41, 5.74) is 1.35. The van der Waals surface area contributed by atoms with Gasteiger partial charge in [-0.2, -0.15) is 0 Å². The van der Waals surface area contributed by atoms with E-state index in [2.05, 4.69) is 0 Å². The Morgan fingerprint density at radius 3 is 2.48 bits per heavy atom. The number of para-hydroxylation sites is 1. The molecule has 1 atom stereocenters. The van der Waals surface area contributed by atoms with E-state index in [1.165, 1.54) is 24.3 Å². The zero-order valence-corrected chi connectivity index (χ0v) is 16.1. The summed E-state index contributed by atoms with van der Waals surface area (Å²) in [6, 6.07) is 13.2. The van der Waals surface area contributed by atoms with Crippen molar-refractivity contribution in [1.29, 1.82) is 0 Å². The Morgan fingerprint density at radius 2 is 1.85 bits per heavy atom. The molecule has 144 valence electrons. The van der Waals surface area contributed by atoms with Crippen LogP contribution in [-0.2, 0) is 16.6 Å². The van der Waals surface area contributed by atoms with Gasteiger partial charge in [0, 0.05) is 17.7 Å². The molecule has 2 N–H and O–H groups in total. The number of nitrogens with zero attached hydrogens (tertiary/aromatic N) is 2. The van der Waals surface area contributed by atoms with Gasteiger partial charge in [-0.3, -0.25) is 4.79 Å². The summed E-state index contributed by atoms with van der Waals surface area (Å²) in [6.07, 6.45) is 0. The first-order valence-corrected chi connectivity index (χ1v) is 10.1. The van der Waals surface area contributed by atoms with Gasteiger partial charge in [0.2, 0.25) is 10.0 Å². The molecule has 2 aromatic rings. The minimum Gasteiger partial charge on any atom is -0.491 e. The molecule has 1 amide bonds. The highest BCUT2D eigenvalue weighted by molar-refractivity contribution is 7.89. The third kappa shape index (κ3) is 4.47. The maximum atomic E-state index is 13.2. The average Bonchev–Trinajstić information content (AvgIpc) is 2.80. The number of nitrogens with two attached hydrogens (primary N) is 1. The molecular formula is C19H23N3O4S. The second-order valence-corrected chi connectivity index (χ2v) is 8.40. The van der Waals surface area contributed by atoms with Crippen molar-refractivity contribution in [2.75, 3.05) is 27.2 Å². The van der Waals surface area contributed by atoms with Gasteiger partial charge in [0.25, 0.3) is 5.91 Å². The molecule has 8 heteroatoms.